The molecule has 8 nitrogen and oxygen atoms in total. The molecule has 1 aromatic carbocycles. The summed E-state index contributed by atoms with van der Waals surface area (Å²) in [6.07, 6.45) is 0.972. The van der Waals surface area contributed by atoms with E-state index < -0.39 is 0 Å². The predicted octanol–water partition coefficient (Wildman–Crippen LogP) is 1.41. The Morgan fingerprint density at radius 3 is 2.32 bits per heavy atom. The molecule has 1 aromatic heterocycles. The monoisotopic (exact) mass is 342 g/mol. The lowest BCUT2D eigenvalue weighted by Crippen LogP contribution is -2.50. The van der Waals surface area contributed by atoms with E-state index in [1.54, 1.807) is 16.7 Å². The van der Waals surface area contributed by atoms with Gasteiger partial charge in [0.05, 0.1) is 0 Å². The highest BCUT2D eigenvalue weighted by Crippen LogP contribution is 2.19. The average molecular weight is 342 g/mol. The third-order valence-corrected chi connectivity index (χ3v) is 4.39. The molecule has 0 aliphatic carbocycles. The van der Waals surface area contributed by atoms with Crippen LogP contribution in [0.3, 0.4) is 0 Å². The largest absolute Gasteiger partial charge is 0.339 e. The van der Waals surface area contributed by atoms with Crippen molar-refractivity contribution < 1.29 is 9.59 Å². The van der Waals surface area contributed by atoms with Gasteiger partial charge in [-0.25, -0.2) is 0 Å². The maximum atomic E-state index is 12.7. The van der Waals surface area contributed by atoms with Crippen molar-refractivity contribution in [3.8, 4) is 0 Å². The number of H-pyrrole nitrogens is 1. The maximum Gasteiger partial charge on any atom is 0.278 e. The summed E-state index contributed by atoms with van der Waals surface area (Å²) in [6, 6.07) is 7.97. The zero-order valence-electron chi connectivity index (χ0n) is 14.5. The summed E-state index contributed by atoms with van der Waals surface area (Å²) in [4.78, 5) is 27.5. The molecule has 8 heteroatoms. The fourth-order valence-corrected chi connectivity index (χ4v) is 2.80. The SMILES string of the molecule is CCc1ccc(Nc2n[nH]nc2C(=O)N2CCN(C(C)=O)CC2)cc1. The first-order chi connectivity index (χ1) is 12.1. The quantitative estimate of drug-likeness (QED) is 0.876. The smallest absolute Gasteiger partial charge is 0.278 e. The van der Waals surface area contributed by atoms with Crippen LogP contribution in [0.4, 0.5) is 11.5 Å². The second-order valence-electron chi connectivity index (χ2n) is 5.99. The van der Waals surface area contributed by atoms with Crippen LogP contribution in [0.5, 0.6) is 0 Å². The summed E-state index contributed by atoms with van der Waals surface area (Å²) in [5.74, 6) is 0.249. The lowest BCUT2D eigenvalue weighted by Gasteiger charge is -2.33. The van der Waals surface area contributed by atoms with Gasteiger partial charge < -0.3 is 15.1 Å². The van der Waals surface area contributed by atoms with Crippen molar-refractivity contribution >= 4 is 23.3 Å². The number of carbonyl (C=O) groups excluding carboxylic acids is 2. The third-order valence-electron chi connectivity index (χ3n) is 4.39. The fraction of sp³-hybridized carbons (Fsp3) is 0.412. The molecule has 0 atom stereocenters. The Hall–Kier alpha value is -2.90. The molecule has 132 valence electrons. The molecule has 1 fully saturated rings. The summed E-state index contributed by atoms with van der Waals surface area (Å²) >= 11 is 0. The minimum Gasteiger partial charge on any atom is -0.339 e. The van der Waals surface area contributed by atoms with Gasteiger partial charge in [0.1, 0.15) is 0 Å². The fourth-order valence-electron chi connectivity index (χ4n) is 2.80. The Morgan fingerprint density at radius 1 is 1.08 bits per heavy atom. The van der Waals surface area contributed by atoms with E-state index >= 15 is 0 Å². The maximum absolute atomic E-state index is 12.7. The van der Waals surface area contributed by atoms with E-state index in [-0.39, 0.29) is 17.5 Å². The second kappa shape index (κ2) is 7.33. The molecular weight excluding hydrogens is 320 g/mol. The molecule has 0 bridgehead atoms. The van der Waals surface area contributed by atoms with Crippen molar-refractivity contribution in [1.29, 1.82) is 0 Å². The molecule has 0 unspecified atom stereocenters. The van der Waals surface area contributed by atoms with E-state index in [9.17, 15) is 9.59 Å². The van der Waals surface area contributed by atoms with Crippen LogP contribution in [0.25, 0.3) is 0 Å². The number of aromatic nitrogens is 3. The molecule has 3 rings (SSSR count). The average Bonchev–Trinajstić information content (AvgIpc) is 3.10. The predicted molar refractivity (Wildman–Crippen MR) is 93.6 cm³/mol. The Morgan fingerprint density at radius 2 is 1.72 bits per heavy atom. The number of anilines is 2. The Kier molecular flexibility index (Phi) is 4.97. The normalized spacial score (nSPS) is 14.5. The standard InChI is InChI=1S/C17H22N6O2/c1-3-13-4-6-14(7-5-13)18-16-15(19-21-20-16)17(25)23-10-8-22(9-11-23)12(2)24/h4-7H,3,8-11H2,1-2H3,(H2,18,19,20,21). The number of carbonyl (C=O) groups is 2. The minimum absolute atomic E-state index is 0.0337. The number of benzene rings is 1. The van der Waals surface area contributed by atoms with E-state index in [2.05, 4.69) is 27.7 Å². The van der Waals surface area contributed by atoms with Crippen LogP contribution in [0.15, 0.2) is 24.3 Å². The number of nitrogens with one attached hydrogen (secondary N) is 2. The van der Waals surface area contributed by atoms with Crippen molar-refractivity contribution in [3.63, 3.8) is 0 Å². The van der Waals surface area contributed by atoms with Gasteiger partial charge in [0.2, 0.25) is 5.91 Å². The number of nitrogens with zero attached hydrogens (tertiary/aromatic N) is 4. The van der Waals surface area contributed by atoms with Crippen LogP contribution in [0.2, 0.25) is 0 Å². The summed E-state index contributed by atoms with van der Waals surface area (Å²) in [5.41, 5.74) is 2.35. The summed E-state index contributed by atoms with van der Waals surface area (Å²) < 4.78 is 0. The molecule has 2 aromatic rings. The Balaban J connectivity index is 1.68. The topological polar surface area (TPSA) is 94.2 Å². The first kappa shape index (κ1) is 16.9. The van der Waals surface area contributed by atoms with Gasteiger partial charge >= 0.3 is 0 Å². The van der Waals surface area contributed by atoms with Gasteiger partial charge in [-0.15, -0.1) is 10.2 Å². The number of hydrogen-bond acceptors (Lipinski definition) is 5. The summed E-state index contributed by atoms with van der Waals surface area (Å²) in [6.45, 7) is 5.72. The van der Waals surface area contributed by atoms with Gasteiger partial charge in [-0.3, -0.25) is 9.59 Å². The Labute approximate surface area is 146 Å². The number of aryl methyl sites for hydroxylation is 1. The first-order valence-electron chi connectivity index (χ1n) is 8.40. The lowest BCUT2D eigenvalue weighted by molar-refractivity contribution is -0.130. The van der Waals surface area contributed by atoms with Crippen molar-refractivity contribution in [2.45, 2.75) is 20.3 Å². The lowest BCUT2D eigenvalue weighted by atomic mass is 10.1. The molecule has 1 saturated heterocycles. The number of rotatable bonds is 4. The van der Waals surface area contributed by atoms with Gasteiger partial charge in [-0.1, -0.05) is 19.1 Å². The highest BCUT2D eigenvalue weighted by atomic mass is 16.2. The molecule has 0 radical (unpaired) electrons. The van der Waals surface area contributed by atoms with Gasteiger partial charge in [0.25, 0.3) is 5.91 Å². The van der Waals surface area contributed by atoms with Crippen molar-refractivity contribution in [1.82, 2.24) is 25.2 Å². The van der Waals surface area contributed by atoms with Crippen LogP contribution < -0.4 is 5.32 Å². The van der Waals surface area contributed by atoms with E-state index in [1.807, 2.05) is 24.3 Å². The van der Waals surface area contributed by atoms with E-state index in [4.69, 9.17) is 0 Å². The molecule has 2 N–H and O–H groups in total. The van der Waals surface area contributed by atoms with E-state index in [0.717, 1.165) is 12.1 Å². The molecule has 2 amide bonds. The van der Waals surface area contributed by atoms with Gasteiger partial charge in [-0.05, 0) is 24.1 Å². The molecule has 0 saturated carbocycles. The van der Waals surface area contributed by atoms with Gasteiger partial charge in [-0.2, -0.15) is 5.21 Å². The molecule has 1 aliphatic heterocycles. The van der Waals surface area contributed by atoms with Gasteiger partial charge in [0.15, 0.2) is 11.5 Å². The summed E-state index contributed by atoms with van der Waals surface area (Å²) in [7, 11) is 0. The molecule has 1 aliphatic rings. The van der Waals surface area contributed by atoms with Crippen LogP contribution in [0.1, 0.15) is 29.9 Å². The van der Waals surface area contributed by atoms with Crippen molar-refractivity contribution in [3.05, 3.63) is 35.5 Å². The molecule has 25 heavy (non-hydrogen) atoms. The highest BCUT2D eigenvalue weighted by Gasteiger charge is 2.27. The highest BCUT2D eigenvalue weighted by molar-refractivity contribution is 5.97. The zero-order chi connectivity index (χ0) is 17.8. The Bertz CT molecular complexity index is 747. The van der Waals surface area contributed by atoms with Crippen LogP contribution >= 0.6 is 0 Å². The zero-order valence-corrected chi connectivity index (χ0v) is 14.5. The summed E-state index contributed by atoms with van der Waals surface area (Å²) in [5, 5.41) is 13.7. The first-order valence-corrected chi connectivity index (χ1v) is 8.40. The number of hydrogen-bond donors (Lipinski definition) is 2. The number of piperazine rings is 1. The number of aromatic amines is 1. The molecular formula is C17H22N6O2. The van der Waals surface area contributed by atoms with Crippen LogP contribution in [-0.2, 0) is 11.2 Å². The van der Waals surface area contributed by atoms with Gasteiger partial charge in [0, 0.05) is 38.8 Å². The molecule has 0 spiro atoms. The second-order valence-corrected chi connectivity index (χ2v) is 5.99. The van der Waals surface area contributed by atoms with Crippen LogP contribution in [0, 0.1) is 0 Å². The molecule has 2 heterocycles. The van der Waals surface area contributed by atoms with E-state index in [1.165, 1.54) is 5.56 Å². The number of amides is 2. The third kappa shape index (κ3) is 3.78. The minimum atomic E-state index is -0.190. The van der Waals surface area contributed by atoms with E-state index in [0.29, 0.717) is 32.0 Å². The van der Waals surface area contributed by atoms with Crippen molar-refractivity contribution in [2.24, 2.45) is 0 Å². The van der Waals surface area contributed by atoms with Crippen LogP contribution in [-0.4, -0.2) is 63.2 Å². The van der Waals surface area contributed by atoms with Crippen molar-refractivity contribution in [2.75, 3.05) is 31.5 Å².